The summed E-state index contributed by atoms with van der Waals surface area (Å²) < 4.78 is 71.8. The van der Waals surface area contributed by atoms with E-state index in [1.165, 1.54) is 30.5 Å². The molecule has 0 atom stereocenters. The lowest BCUT2D eigenvalue weighted by Gasteiger charge is -2.12. The molecule has 0 fully saturated rings. The van der Waals surface area contributed by atoms with Crippen molar-refractivity contribution in [2.75, 3.05) is 16.6 Å². The number of pyridine rings is 1. The topological polar surface area (TPSA) is 83.1 Å². The van der Waals surface area contributed by atoms with Gasteiger partial charge in [-0.05, 0) is 70.1 Å². The third-order valence-corrected chi connectivity index (χ3v) is 5.98. The highest BCUT2D eigenvalue weighted by Gasteiger charge is 2.17. The monoisotopic (exact) mass is 562 g/mol. The van der Waals surface area contributed by atoms with Crippen LogP contribution < -0.4 is 14.8 Å². The van der Waals surface area contributed by atoms with Crippen molar-refractivity contribution in [1.29, 1.82) is 0 Å². The van der Waals surface area contributed by atoms with Gasteiger partial charge in [0, 0.05) is 28.4 Å². The Labute approximate surface area is 191 Å². The van der Waals surface area contributed by atoms with E-state index in [2.05, 4.69) is 15.0 Å². The molecule has 3 rings (SSSR count). The number of nitrogens with zero attached hydrogens (tertiary/aromatic N) is 1. The van der Waals surface area contributed by atoms with Crippen LogP contribution in [0.5, 0.6) is 0 Å². The maximum Gasteiger partial charge on any atom is 0.300 e. The molecule has 2 aromatic carbocycles. The Morgan fingerprint density at radius 2 is 1.77 bits per heavy atom. The second-order valence-corrected chi connectivity index (χ2v) is 9.21. The minimum Gasteiger partial charge on any atom is -0.353 e. The van der Waals surface area contributed by atoms with Crippen LogP contribution in [0.25, 0.3) is 0 Å². The van der Waals surface area contributed by atoms with Gasteiger partial charge in [0.25, 0.3) is 10.2 Å². The molecule has 3 aromatic rings. The summed E-state index contributed by atoms with van der Waals surface area (Å²) in [5.41, 5.74) is 0.771. The van der Waals surface area contributed by atoms with Crippen LogP contribution in [0.3, 0.4) is 0 Å². The molecule has 1 heterocycles. The van der Waals surface area contributed by atoms with Gasteiger partial charge in [0.05, 0.1) is 5.69 Å². The summed E-state index contributed by atoms with van der Waals surface area (Å²) >= 11 is 1.98. The minimum absolute atomic E-state index is 0.0625. The van der Waals surface area contributed by atoms with Crippen LogP contribution in [-0.2, 0) is 16.6 Å². The van der Waals surface area contributed by atoms with Crippen LogP contribution in [-0.4, -0.2) is 19.9 Å². The molecule has 0 amide bonds. The molecule has 0 unspecified atom stereocenters. The molecule has 0 aliphatic rings. The average molecular weight is 562 g/mol. The first kappa shape index (κ1) is 23.3. The summed E-state index contributed by atoms with van der Waals surface area (Å²) in [4.78, 5) is 3.70. The third-order valence-electron chi connectivity index (χ3n) is 4.18. The summed E-state index contributed by atoms with van der Waals surface area (Å²) in [6.07, 6.45) is 1.10. The number of halogens is 4. The van der Waals surface area contributed by atoms with Crippen molar-refractivity contribution in [3.8, 4) is 0 Å². The van der Waals surface area contributed by atoms with Crippen LogP contribution >= 0.6 is 22.6 Å². The van der Waals surface area contributed by atoms with Gasteiger partial charge in [0.15, 0.2) is 11.6 Å². The van der Waals surface area contributed by atoms with Gasteiger partial charge < -0.3 is 5.32 Å². The van der Waals surface area contributed by atoms with E-state index in [0.29, 0.717) is 5.69 Å². The predicted octanol–water partition coefficient (Wildman–Crippen LogP) is 4.70. The number of hydrogen-bond donors (Lipinski definition) is 3. The largest absolute Gasteiger partial charge is 0.353 e. The van der Waals surface area contributed by atoms with E-state index in [1.807, 2.05) is 27.3 Å². The summed E-state index contributed by atoms with van der Waals surface area (Å²) in [5.74, 6) is -2.47. The quantitative estimate of drug-likeness (QED) is 0.348. The average Bonchev–Trinajstić information content (AvgIpc) is 2.69. The Kier molecular flexibility index (Phi) is 7.38. The lowest BCUT2D eigenvalue weighted by molar-refractivity contribution is 0.583. The van der Waals surface area contributed by atoms with Crippen molar-refractivity contribution in [2.45, 2.75) is 13.3 Å². The van der Waals surface area contributed by atoms with Gasteiger partial charge in [-0.25, -0.2) is 18.2 Å². The molecule has 0 saturated heterocycles. The molecule has 6 nitrogen and oxygen atoms in total. The van der Waals surface area contributed by atoms with Crippen LogP contribution in [0.15, 0.2) is 48.7 Å². The fourth-order valence-corrected chi connectivity index (χ4v) is 4.07. The summed E-state index contributed by atoms with van der Waals surface area (Å²) in [6.45, 7) is 1.70. The number of aromatic nitrogens is 1. The smallest absolute Gasteiger partial charge is 0.300 e. The molecular formula is C20H18F3IN4O2S. The first-order chi connectivity index (χ1) is 14.7. The Bertz CT molecular complexity index is 1210. The zero-order valence-corrected chi connectivity index (χ0v) is 19.2. The Hall–Kier alpha value is -2.38. The van der Waals surface area contributed by atoms with E-state index < -0.39 is 33.5 Å². The van der Waals surface area contributed by atoms with E-state index in [0.717, 1.165) is 3.57 Å². The number of anilines is 3. The fraction of sp³-hybridized carbons (Fsp3) is 0.150. The van der Waals surface area contributed by atoms with Crippen molar-refractivity contribution < 1.29 is 21.6 Å². The molecule has 11 heteroatoms. The van der Waals surface area contributed by atoms with E-state index in [-0.39, 0.29) is 29.8 Å². The van der Waals surface area contributed by atoms with Crippen LogP contribution in [0.1, 0.15) is 18.1 Å². The highest BCUT2D eigenvalue weighted by Crippen LogP contribution is 2.25. The van der Waals surface area contributed by atoms with E-state index in [1.54, 1.807) is 25.1 Å². The first-order valence-corrected chi connectivity index (χ1v) is 11.7. The predicted molar refractivity (Wildman–Crippen MR) is 122 cm³/mol. The summed E-state index contributed by atoms with van der Waals surface area (Å²) in [6, 6.07) is 10.1. The van der Waals surface area contributed by atoms with Crippen molar-refractivity contribution in [1.82, 2.24) is 9.71 Å². The molecule has 0 spiro atoms. The normalized spacial score (nSPS) is 11.4. The first-order valence-electron chi connectivity index (χ1n) is 9.10. The van der Waals surface area contributed by atoms with Crippen molar-refractivity contribution >= 4 is 50.0 Å². The van der Waals surface area contributed by atoms with Gasteiger partial charge in [-0.3, -0.25) is 4.72 Å². The minimum atomic E-state index is -3.96. The molecule has 0 saturated carbocycles. The molecule has 0 aliphatic heterocycles. The van der Waals surface area contributed by atoms with Crippen molar-refractivity contribution in [3.63, 3.8) is 0 Å². The highest BCUT2D eigenvalue weighted by molar-refractivity contribution is 14.1. The van der Waals surface area contributed by atoms with Crippen molar-refractivity contribution in [3.05, 3.63) is 80.8 Å². The van der Waals surface area contributed by atoms with Gasteiger partial charge in [0.1, 0.15) is 11.6 Å². The fourth-order valence-electron chi connectivity index (χ4n) is 2.76. The summed E-state index contributed by atoms with van der Waals surface area (Å²) in [7, 11) is -3.96. The maximum atomic E-state index is 14.7. The maximum absolute atomic E-state index is 14.7. The van der Waals surface area contributed by atoms with Crippen LogP contribution in [0.4, 0.5) is 30.4 Å². The second-order valence-electron chi connectivity index (χ2n) is 6.47. The van der Waals surface area contributed by atoms with Crippen molar-refractivity contribution in [2.24, 2.45) is 0 Å². The van der Waals surface area contributed by atoms with Crippen LogP contribution in [0.2, 0.25) is 0 Å². The SMILES string of the molecule is CCNS(=O)(=O)Nc1nccc(Cc2ccc(Nc3ccc(I)cc3F)cc2F)c1F. The summed E-state index contributed by atoms with van der Waals surface area (Å²) in [5, 5.41) is 2.80. The van der Waals surface area contributed by atoms with E-state index in [4.69, 9.17) is 0 Å². The lowest BCUT2D eigenvalue weighted by atomic mass is 10.0. The number of rotatable bonds is 8. The molecule has 3 N–H and O–H groups in total. The molecule has 31 heavy (non-hydrogen) atoms. The molecular weight excluding hydrogens is 544 g/mol. The Balaban J connectivity index is 1.79. The van der Waals surface area contributed by atoms with Gasteiger partial charge in [-0.15, -0.1) is 0 Å². The standard InChI is InChI=1S/C20H18F3IN4O2S/c1-2-26-31(29,30)28-20-19(23)13(7-8-25-20)9-12-3-5-15(11-16(12)21)27-18-6-4-14(24)10-17(18)22/h3-8,10-11,26-27H,2,9H2,1H3,(H,25,28). The second kappa shape index (κ2) is 9.83. The van der Waals surface area contributed by atoms with Gasteiger partial charge in [-0.2, -0.15) is 13.1 Å². The molecule has 0 bridgehead atoms. The van der Waals surface area contributed by atoms with Gasteiger partial charge in [0.2, 0.25) is 0 Å². The van der Waals surface area contributed by atoms with E-state index >= 15 is 0 Å². The third kappa shape index (κ3) is 6.08. The molecule has 1 aromatic heterocycles. The van der Waals surface area contributed by atoms with Gasteiger partial charge in [-0.1, -0.05) is 13.0 Å². The zero-order valence-electron chi connectivity index (χ0n) is 16.2. The molecule has 0 aliphatic carbocycles. The zero-order chi connectivity index (χ0) is 22.6. The lowest BCUT2D eigenvalue weighted by Crippen LogP contribution is -2.30. The number of hydrogen-bond acceptors (Lipinski definition) is 4. The number of benzene rings is 2. The van der Waals surface area contributed by atoms with Crippen LogP contribution in [0, 0.1) is 21.0 Å². The Morgan fingerprint density at radius 3 is 2.45 bits per heavy atom. The Morgan fingerprint density at radius 1 is 1.00 bits per heavy atom. The molecule has 164 valence electrons. The van der Waals surface area contributed by atoms with Gasteiger partial charge >= 0.3 is 0 Å². The number of nitrogens with one attached hydrogen (secondary N) is 3. The highest BCUT2D eigenvalue weighted by atomic mass is 127. The van der Waals surface area contributed by atoms with E-state index in [9.17, 15) is 21.6 Å². The molecule has 0 radical (unpaired) electrons.